The molecule has 0 aromatic heterocycles. The number of hydrogen-bond acceptors (Lipinski definition) is 4. The molecule has 104 valence electrons. The quantitative estimate of drug-likeness (QED) is 0.932. The van der Waals surface area contributed by atoms with Crippen LogP contribution in [0.5, 0.6) is 17.2 Å². The molecule has 20 heavy (non-hydrogen) atoms. The minimum absolute atomic E-state index is 0.286. The number of benzene rings is 2. The van der Waals surface area contributed by atoms with Gasteiger partial charge in [-0.15, -0.1) is 0 Å². The molecule has 0 unspecified atom stereocenters. The Bertz CT molecular complexity index is 631. The standard InChI is InChI=1S/C15H14ClNO3/c1-18-13-5-3-11(16)7-12(13)17-8-10-2-4-14-15(6-10)20-9-19-14/h2-7,17H,8-9H2,1H3. The Hall–Kier alpha value is -2.07. The highest BCUT2D eigenvalue weighted by Gasteiger charge is 2.13. The van der Waals surface area contributed by atoms with Crippen LogP contribution >= 0.6 is 11.6 Å². The van der Waals surface area contributed by atoms with E-state index in [2.05, 4.69) is 5.32 Å². The predicted molar refractivity (Wildman–Crippen MR) is 77.9 cm³/mol. The molecule has 2 aromatic carbocycles. The van der Waals surface area contributed by atoms with Gasteiger partial charge >= 0.3 is 0 Å². The van der Waals surface area contributed by atoms with E-state index in [1.807, 2.05) is 30.3 Å². The lowest BCUT2D eigenvalue weighted by Crippen LogP contribution is -2.01. The minimum atomic E-state index is 0.286. The minimum Gasteiger partial charge on any atom is -0.495 e. The van der Waals surface area contributed by atoms with Crippen LogP contribution in [0.4, 0.5) is 5.69 Å². The molecule has 0 amide bonds. The summed E-state index contributed by atoms with van der Waals surface area (Å²) in [5.41, 5.74) is 1.95. The number of ether oxygens (including phenoxy) is 3. The second kappa shape index (κ2) is 5.51. The molecular weight excluding hydrogens is 278 g/mol. The Morgan fingerprint density at radius 2 is 2.00 bits per heavy atom. The smallest absolute Gasteiger partial charge is 0.231 e. The van der Waals surface area contributed by atoms with Crippen LogP contribution in [0, 0.1) is 0 Å². The van der Waals surface area contributed by atoms with Crippen molar-refractivity contribution in [3.8, 4) is 17.2 Å². The predicted octanol–water partition coefficient (Wildman–Crippen LogP) is 3.69. The van der Waals surface area contributed by atoms with Crippen molar-refractivity contribution in [2.75, 3.05) is 19.2 Å². The zero-order valence-electron chi connectivity index (χ0n) is 11.0. The fraction of sp³-hybridized carbons (Fsp3) is 0.200. The number of hydrogen-bond donors (Lipinski definition) is 1. The van der Waals surface area contributed by atoms with Crippen LogP contribution in [0.2, 0.25) is 5.02 Å². The average Bonchev–Trinajstić information content (AvgIpc) is 2.92. The van der Waals surface area contributed by atoms with Crippen LogP contribution in [0.1, 0.15) is 5.56 Å². The van der Waals surface area contributed by atoms with E-state index in [9.17, 15) is 0 Å². The van der Waals surface area contributed by atoms with Gasteiger partial charge in [0.25, 0.3) is 0 Å². The highest BCUT2D eigenvalue weighted by molar-refractivity contribution is 6.30. The van der Waals surface area contributed by atoms with Gasteiger partial charge in [0.1, 0.15) is 5.75 Å². The molecule has 0 radical (unpaired) electrons. The summed E-state index contributed by atoms with van der Waals surface area (Å²) in [4.78, 5) is 0. The molecule has 0 spiro atoms. The maximum absolute atomic E-state index is 6.00. The van der Waals surface area contributed by atoms with Crippen molar-refractivity contribution < 1.29 is 14.2 Å². The maximum atomic E-state index is 6.00. The lowest BCUT2D eigenvalue weighted by molar-refractivity contribution is 0.174. The van der Waals surface area contributed by atoms with Crippen molar-refractivity contribution in [3.63, 3.8) is 0 Å². The molecule has 0 aliphatic carbocycles. The molecule has 0 bridgehead atoms. The van der Waals surface area contributed by atoms with Gasteiger partial charge in [-0.3, -0.25) is 0 Å². The zero-order chi connectivity index (χ0) is 13.9. The van der Waals surface area contributed by atoms with E-state index in [1.165, 1.54) is 0 Å². The molecule has 1 heterocycles. The van der Waals surface area contributed by atoms with Crippen LogP contribution in [0.3, 0.4) is 0 Å². The van der Waals surface area contributed by atoms with E-state index in [4.69, 9.17) is 25.8 Å². The van der Waals surface area contributed by atoms with Crippen LogP contribution in [0.25, 0.3) is 0 Å². The Balaban J connectivity index is 1.75. The number of rotatable bonds is 4. The third-order valence-corrected chi connectivity index (χ3v) is 3.32. The number of halogens is 1. The van der Waals surface area contributed by atoms with Crippen LogP contribution < -0.4 is 19.5 Å². The molecule has 5 heteroatoms. The van der Waals surface area contributed by atoms with Crippen molar-refractivity contribution in [2.45, 2.75) is 6.54 Å². The molecule has 0 fully saturated rings. The van der Waals surface area contributed by atoms with Gasteiger partial charge < -0.3 is 19.5 Å². The molecule has 0 saturated heterocycles. The normalized spacial score (nSPS) is 12.3. The van der Waals surface area contributed by atoms with E-state index in [0.717, 1.165) is 28.5 Å². The zero-order valence-corrected chi connectivity index (χ0v) is 11.7. The molecule has 1 aliphatic rings. The highest BCUT2D eigenvalue weighted by Crippen LogP contribution is 2.33. The van der Waals surface area contributed by atoms with Crippen molar-refractivity contribution in [1.29, 1.82) is 0 Å². The van der Waals surface area contributed by atoms with E-state index < -0.39 is 0 Å². The summed E-state index contributed by atoms with van der Waals surface area (Å²) in [5, 5.41) is 3.97. The first-order chi connectivity index (χ1) is 9.76. The molecule has 4 nitrogen and oxygen atoms in total. The summed E-state index contributed by atoms with van der Waals surface area (Å²) in [6, 6.07) is 11.3. The summed E-state index contributed by atoms with van der Waals surface area (Å²) < 4.78 is 15.9. The van der Waals surface area contributed by atoms with Crippen LogP contribution in [0.15, 0.2) is 36.4 Å². The maximum Gasteiger partial charge on any atom is 0.231 e. The van der Waals surface area contributed by atoms with Crippen molar-refractivity contribution in [3.05, 3.63) is 47.0 Å². The van der Waals surface area contributed by atoms with Gasteiger partial charge in [0.05, 0.1) is 12.8 Å². The lowest BCUT2D eigenvalue weighted by atomic mass is 10.2. The number of methoxy groups -OCH3 is 1. The molecule has 2 aromatic rings. The largest absolute Gasteiger partial charge is 0.495 e. The molecule has 1 N–H and O–H groups in total. The van der Waals surface area contributed by atoms with E-state index in [1.54, 1.807) is 13.2 Å². The first kappa shape index (κ1) is 12.9. The van der Waals surface area contributed by atoms with Crippen molar-refractivity contribution in [2.24, 2.45) is 0 Å². The third-order valence-electron chi connectivity index (χ3n) is 3.08. The topological polar surface area (TPSA) is 39.7 Å². The molecule has 1 aliphatic heterocycles. The van der Waals surface area contributed by atoms with Gasteiger partial charge in [-0.1, -0.05) is 17.7 Å². The Morgan fingerprint density at radius 3 is 2.85 bits per heavy atom. The fourth-order valence-corrected chi connectivity index (χ4v) is 2.24. The second-order valence-corrected chi connectivity index (χ2v) is 4.82. The summed E-state index contributed by atoms with van der Waals surface area (Å²) >= 11 is 6.00. The van der Waals surface area contributed by atoms with Crippen LogP contribution in [-0.2, 0) is 6.54 Å². The van der Waals surface area contributed by atoms with Gasteiger partial charge in [0.15, 0.2) is 11.5 Å². The van der Waals surface area contributed by atoms with Crippen molar-refractivity contribution in [1.82, 2.24) is 0 Å². The lowest BCUT2D eigenvalue weighted by Gasteiger charge is -2.11. The highest BCUT2D eigenvalue weighted by atomic mass is 35.5. The first-order valence-electron chi connectivity index (χ1n) is 6.22. The summed E-state index contributed by atoms with van der Waals surface area (Å²) in [6.45, 7) is 0.932. The summed E-state index contributed by atoms with van der Waals surface area (Å²) in [5.74, 6) is 2.33. The average molecular weight is 292 g/mol. The number of nitrogens with one attached hydrogen (secondary N) is 1. The summed E-state index contributed by atoms with van der Waals surface area (Å²) in [6.07, 6.45) is 0. The van der Waals surface area contributed by atoms with Crippen LogP contribution in [-0.4, -0.2) is 13.9 Å². The molecular formula is C15H14ClNO3. The van der Waals surface area contributed by atoms with E-state index >= 15 is 0 Å². The fourth-order valence-electron chi connectivity index (χ4n) is 2.07. The Morgan fingerprint density at radius 1 is 1.15 bits per heavy atom. The number of anilines is 1. The van der Waals surface area contributed by atoms with Crippen molar-refractivity contribution >= 4 is 17.3 Å². The Kier molecular flexibility index (Phi) is 3.56. The third kappa shape index (κ3) is 2.60. The van der Waals surface area contributed by atoms with Gasteiger partial charge in [-0.25, -0.2) is 0 Å². The van der Waals surface area contributed by atoms with Gasteiger partial charge in [-0.05, 0) is 35.9 Å². The van der Waals surface area contributed by atoms with E-state index in [-0.39, 0.29) is 6.79 Å². The molecule has 0 atom stereocenters. The molecule has 0 saturated carbocycles. The monoisotopic (exact) mass is 291 g/mol. The molecule has 3 rings (SSSR count). The van der Waals surface area contributed by atoms with E-state index in [0.29, 0.717) is 11.6 Å². The SMILES string of the molecule is COc1ccc(Cl)cc1NCc1ccc2c(c1)OCO2. The first-order valence-corrected chi connectivity index (χ1v) is 6.60. The summed E-state index contributed by atoms with van der Waals surface area (Å²) in [7, 11) is 1.63. The second-order valence-electron chi connectivity index (χ2n) is 4.39. The van der Waals surface area contributed by atoms with Gasteiger partial charge in [-0.2, -0.15) is 0 Å². The Labute approximate surface area is 122 Å². The number of fused-ring (bicyclic) bond motifs is 1. The van der Waals surface area contributed by atoms with Gasteiger partial charge in [0.2, 0.25) is 6.79 Å². The van der Waals surface area contributed by atoms with Gasteiger partial charge in [0, 0.05) is 11.6 Å².